The number of hydrogen-bond donors (Lipinski definition) is 8. The Balaban J connectivity index is 4.98. The molecular weight excluding hydrogens is 356 g/mol. The summed E-state index contributed by atoms with van der Waals surface area (Å²) in [5.74, 6) is -3.92. The lowest BCUT2D eigenvalue weighted by Gasteiger charge is -2.25. The van der Waals surface area contributed by atoms with Crippen molar-refractivity contribution in [3.63, 3.8) is 0 Å². The Morgan fingerprint density at radius 2 is 1.60 bits per heavy atom. The molecule has 0 aromatic carbocycles. The summed E-state index contributed by atoms with van der Waals surface area (Å²) in [5, 5.41) is 34.0. The minimum absolute atomic E-state index is 0.00866. The van der Waals surface area contributed by atoms with E-state index in [1.54, 1.807) is 0 Å². The van der Waals surface area contributed by atoms with Gasteiger partial charge in [-0.1, -0.05) is 0 Å². The van der Waals surface area contributed by atoms with Crippen LogP contribution in [-0.2, 0) is 19.2 Å². The first-order valence-corrected chi connectivity index (χ1v) is 7.97. The van der Waals surface area contributed by atoms with Crippen LogP contribution in [0.25, 0.3) is 0 Å². The summed E-state index contributed by atoms with van der Waals surface area (Å²) in [6, 6.07) is -5.15. The first-order chi connectivity index (χ1) is 11.5. The summed E-state index contributed by atoms with van der Waals surface area (Å²) in [6.07, 6.45) is -1.32. The van der Waals surface area contributed by atoms with Crippen LogP contribution in [0.1, 0.15) is 13.8 Å². The van der Waals surface area contributed by atoms with Crippen molar-refractivity contribution in [2.75, 3.05) is 12.4 Å². The number of rotatable bonds is 10. The number of carbonyl (C=O) groups excluding carboxylic acids is 3. The van der Waals surface area contributed by atoms with E-state index in [-0.39, 0.29) is 5.75 Å². The van der Waals surface area contributed by atoms with Gasteiger partial charge in [0.05, 0.1) is 18.8 Å². The number of nitrogens with two attached hydrogens (primary N) is 1. The lowest BCUT2D eigenvalue weighted by atomic mass is 10.1. The van der Waals surface area contributed by atoms with Crippen LogP contribution in [0.4, 0.5) is 0 Å². The zero-order valence-corrected chi connectivity index (χ0v) is 14.7. The van der Waals surface area contributed by atoms with Crippen LogP contribution in [0.5, 0.6) is 0 Å². The average molecular weight is 380 g/mol. The Morgan fingerprint density at radius 3 is 2.00 bits per heavy atom. The van der Waals surface area contributed by atoms with Gasteiger partial charge in [0.2, 0.25) is 17.7 Å². The quantitative estimate of drug-likeness (QED) is 0.177. The zero-order chi connectivity index (χ0) is 19.7. The molecule has 12 heteroatoms. The second kappa shape index (κ2) is 10.9. The molecule has 0 radical (unpaired) electrons. The number of carbonyl (C=O) groups is 4. The summed E-state index contributed by atoms with van der Waals surface area (Å²) in [4.78, 5) is 46.5. The molecule has 0 rings (SSSR count). The number of carboxylic acids is 1. The van der Waals surface area contributed by atoms with Crippen molar-refractivity contribution in [3.05, 3.63) is 0 Å². The van der Waals surface area contributed by atoms with E-state index in [9.17, 15) is 29.4 Å². The Labute approximate surface area is 149 Å². The van der Waals surface area contributed by atoms with Gasteiger partial charge in [-0.2, -0.15) is 12.6 Å². The number of aliphatic hydroxyl groups is 2. The summed E-state index contributed by atoms with van der Waals surface area (Å²) >= 11 is 3.84. The average Bonchev–Trinajstić information content (AvgIpc) is 2.55. The third kappa shape index (κ3) is 7.69. The molecule has 0 aliphatic rings. The van der Waals surface area contributed by atoms with Crippen molar-refractivity contribution >= 4 is 36.3 Å². The Hall–Kier alpha value is -1.89. The molecule has 0 fully saturated rings. The predicted molar refractivity (Wildman–Crippen MR) is 89.7 cm³/mol. The topological polar surface area (TPSA) is 191 Å². The molecule has 0 aromatic rings. The Morgan fingerprint density at radius 1 is 1.04 bits per heavy atom. The van der Waals surface area contributed by atoms with Gasteiger partial charge < -0.3 is 37.0 Å². The number of thiol groups is 1. The van der Waals surface area contributed by atoms with Gasteiger partial charge in [0, 0.05) is 5.75 Å². The van der Waals surface area contributed by atoms with E-state index in [2.05, 4.69) is 28.6 Å². The van der Waals surface area contributed by atoms with Gasteiger partial charge in [-0.15, -0.1) is 0 Å². The van der Waals surface area contributed by atoms with Crippen molar-refractivity contribution in [2.24, 2.45) is 5.73 Å². The SMILES string of the molecule is CC(NC(=O)C(CO)NC(=O)C(NC(=O)C(N)CS)C(C)O)C(=O)O. The van der Waals surface area contributed by atoms with E-state index >= 15 is 0 Å². The lowest BCUT2D eigenvalue weighted by molar-refractivity contribution is -0.142. The molecule has 25 heavy (non-hydrogen) atoms. The number of amides is 3. The van der Waals surface area contributed by atoms with Crippen LogP contribution >= 0.6 is 12.6 Å². The summed E-state index contributed by atoms with van der Waals surface area (Å²) in [6.45, 7) is 1.62. The van der Waals surface area contributed by atoms with Gasteiger partial charge in [0.25, 0.3) is 0 Å². The molecule has 8 N–H and O–H groups in total. The maximum atomic E-state index is 12.2. The fourth-order valence-corrected chi connectivity index (χ4v) is 1.75. The van der Waals surface area contributed by atoms with E-state index in [0.29, 0.717) is 0 Å². The first-order valence-electron chi connectivity index (χ1n) is 7.34. The summed E-state index contributed by atoms with van der Waals surface area (Å²) in [5.41, 5.74) is 5.46. The highest BCUT2D eigenvalue weighted by molar-refractivity contribution is 7.80. The fourth-order valence-electron chi connectivity index (χ4n) is 1.58. The van der Waals surface area contributed by atoms with Crippen LogP contribution in [0.15, 0.2) is 0 Å². The summed E-state index contributed by atoms with van der Waals surface area (Å²) in [7, 11) is 0. The molecule has 0 aliphatic heterocycles. The van der Waals surface area contributed by atoms with Gasteiger partial charge in [0.1, 0.15) is 18.1 Å². The van der Waals surface area contributed by atoms with Crippen LogP contribution in [0, 0.1) is 0 Å². The second-order valence-electron chi connectivity index (χ2n) is 5.33. The van der Waals surface area contributed by atoms with E-state index in [0.717, 1.165) is 0 Å². The van der Waals surface area contributed by atoms with Crippen LogP contribution in [-0.4, -0.2) is 81.6 Å². The first kappa shape index (κ1) is 23.1. The molecule has 0 aliphatic carbocycles. The van der Waals surface area contributed by atoms with Gasteiger partial charge >= 0.3 is 5.97 Å². The van der Waals surface area contributed by atoms with Gasteiger partial charge in [0.15, 0.2) is 0 Å². The number of aliphatic hydroxyl groups excluding tert-OH is 2. The lowest BCUT2D eigenvalue weighted by Crippen LogP contribution is -2.60. The van der Waals surface area contributed by atoms with Crippen molar-refractivity contribution in [1.29, 1.82) is 0 Å². The summed E-state index contributed by atoms with van der Waals surface area (Å²) < 4.78 is 0. The van der Waals surface area contributed by atoms with E-state index < -0.39 is 60.6 Å². The molecule has 11 nitrogen and oxygen atoms in total. The molecule has 0 heterocycles. The standard InChI is InChI=1S/C13H24N4O7S/c1-5(13(23)24)15-11(21)8(3-18)16-12(22)9(6(2)19)17-10(20)7(14)4-25/h5-9,18-19,25H,3-4,14H2,1-2H3,(H,15,21)(H,16,22)(H,17,20)(H,23,24). The molecule has 5 unspecified atom stereocenters. The maximum Gasteiger partial charge on any atom is 0.325 e. The number of aliphatic carboxylic acids is 1. The Bertz CT molecular complexity index is 503. The number of carboxylic acid groups (broad SMARTS) is 1. The highest BCUT2D eigenvalue weighted by Gasteiger charge is 2.31. The smallest absolute Gasteiger partial charge is 0.325 e. The van der Waals surface area contributed by atoms with E-state index in [4.69, 9.17) is 10.8 Å². The van der Waals surface area contributed by atoms with Crippen molar-refractivity contribution in [3.8, 4) is 0 Å². The molecule has 0 saturated carbocycles. The molecule has 144 valence electrons. The monoisotopic (exact) mass is 380 g/mol. The molecule has 0 aromatic heterocycles. The van der Waals surface area contributed by atoms with E-state index in [1.165, 1.54) is 13.8 Å². The molecule has 5 atom stereocenters. The fraction of sp³-hybridized carbons (Fsp3) is 0.692. The second-order valence-corrected chi connectivity index (χ2v) is 5.69. The normalized spacial score (nSPS) is 16.7. The van der Waals surface area contributed by atoms with Crippen molar-refractivity contribution in [1.82, 2.24) is 16.0 Å². The maximum absolute atomic E-state index is 12.2. The number of hydrogen-bond acceptors (Lipinski definition) is 8. The zero-order valence-electron chi connectivity index (χ0n) is 13.8. The molecule has 0 saturated heterocycles. The molecular formula is C13H24N4O7S. The Kier molecular flexibility index (Phi) is 10.0. The van der Waals surface area contributed by atoms with Gasteiger partial charge in [-0.3, -0.25) is 19.2 Å². The molecule has 0 spiro atoms. The minimum atomic E-state index is -1.47. The van der Waals surface area contributed by atoms with Gasteiger partial charge in [-0.05, 0) is 13.8 Å². The third-order valence-corrected chi connectivity index (χ3v) is 3.53. The largest absolute Gasteiger partial charge is 0.480 e. The van der Waals surface area contributed by atoms with Crippen LogP contribution in [0.3, 0.4) is 0 Å². The van der Waals surface area contributed by atoms with Crippen LogP contribution < -0.4 is 21.7 Å². The highest BCUT2D eigenvalue weighted by Crippen LogP contribution is 1.98. The minimum Gasteiger partial charge on any atom is -0.480 e. The molecule has 0 bridgehead atoms. The number of nitrogens with one attached hydrogen (secondary N) is 3. The third-order valence-electron chi connectivity index (χ3n) is 3.14. The predicted octanol–water partition coefficient (Wildman–Crippen LogP) is -3.82. The van der Waals surface area contributed by atoms with Crippen LogP contribution in [0.2, 0.25) is 0 Å². The van der Waals surface area contributed by atoms with Gasteiger partial charge in [-0.25, -0.2) is 0 Å². The highest BCUT2D eigenvalue weighted by atomic mass is 32.1. The van der Waals surface area contributed by atoms with Crippen molar-refractivity contribution in [2.45, 2.75) is 44.1 Å². The van der Waals surface area contributed by atoms with Crippen molar-refractivity contribution < 1.29 is 34.5 Å². The van der Waals surface area contributed by atoms with E-state index in [1.807, 2.05) is 0 Å². The molecule has 3 amide bonds.